The van der Waals surface area contributed by atoms with Gasteiger partial charge in [-0.05, 0) is 12.1 Å². The molecule has 0 unspecified atom stereocenters. The van der Waals surface area contributed by atoms with Crippen molar-refractivity contribution in [3.05, 3.63) is 42.0 Å². The molecule has 0 amide bonds. The van der Waals surface area contributed by atoms with Gasteiger partial charge in [-0.3, -0.25) is 0 Å². The lowest BCUT2D eigenvalue weighted by Crippen LogP contribution is -2.01. The predicted molar refractivity (Wildman–Crippen MR) is 52.8 cm³/mol. The fourth-order valence-corrected chi connectivity index (χ4v) is 1.15. The number of nitriles is 1. The van der Waals surface area contributed by atoms with E-state index in [0.29, 0.717) is 23.7 Å². The first kappa shape index (κ1) is 9.21. The molecule has 5 heteroatoms. The van der Waals surface area contributed by atoms with Gasteiger partial charge in [0.2, 0.25) is 0 Å². The fourth-order valence-electron chi connectivity index (χ4n) is 1.15. The lowest BCUT2D eigenvalue weighted by atomic mass is 10.3. The first-order valence-electron chi connectivity index (χ1n) is 4.38. The van der Waals surface area contributed by atoms with Crippen LogP contribution in [0.15, 0.2) is 35.1 Å². The van der Waals surface area contributed by atoms with Crippen LogP contribution in [0.4, 0.5) is 5.69 Å². The molecule has 2 heterocycles. The van der Waals surface area contributed by atoms with Gasteiger partial charge in [0.15, 0.2) is 11.5 Å². The van der Waals surface area contributed by atoms with Gasteiger partial charge in [-0.25, -0.2) is 4.98 Å². The van der Waals surface area contributed by atoms with Crippen molar-refractivity contribution in [2.75, 3.05) is 5.32 Å². The van der Waals surface area contributed by atoms with E-state index >= 15 is 0 Å². The lowest BCUT2D eigenvalue weighted by Gasteiger charge is -2.03. The molecule has 0 aliphatic rings. The molecule has 0 saturated heterocycles. The Bertz CT molecular complexity index is 472. The van der Waals surface area contributed by atoms with Crippen LogP contribution >= 0.6 is 0 Å². The number of pyridine rings is 1. The van der Waals surface area contributed by atoms with E-state index < -0.39 is 0 Å². The molecular formula is C10H8N4O. The topological polar surface area (TPSA) is 74.7 Å². The van der Waals surface area contributed by atoms with Gasteiger partial charge in [0, 0.05) is 12.3 Å². The van der Waals surface area contributed by atoms with Crippen molar-refractivity contribution in [1.82, 2.24) is 10.1 Å². The summed E-state index contributed by atoms with van der Waals surface area (Å²) in [4.78, 5) is 3.93. The molecule has 2 rings (SSSR count). The Morgan fingerprint density at radius 1 is 1.40 bits per heavy atom. The third kappa shape index (κ3) is 2.11. The number of anilines is 1. The molecular weight excluding hydrogens is 192 g/mol. The molecule has 5 nitrogen and oxygen atoms in total. The van der Waals surface area contributed by atoms with E-state index in [1.165, 1.54) is 0 Å². The van der Waals surface area contributed by atoms with Gasteiger partial charge < -0.3 is 9.84 Å². The highest BCUT2D eigenvalue weighted by Crippen LogP contribution is 2.11. The largest absolute Gasteiger partial charge is 0.375 e. The molecule has 0 aliphatic carbocycles. The average molecular weight is 200 g/mol. The van der Waals surface area contributed by atoms with Crippen molar-refractivity contribution < 1.29 is 4.52 Å². The zero-order chi connectivity index (χ0) is 10.5. The van der Waals surface area contributed by atoms with E-state index in [1.807, 2.05) is 6.07 Å². The van der Waals surface area contributed by atoms with Crippen LogP contribution in [0.2, 0.25) is 0 Å². The molecule has 0 saturated carbocycles. The number of nitrogens with one attached hydrogen (secondary N) is 1. The predicted octanol–water partition coefficient (Wildman–Crippen LogP) is 1.55. The monoisotopic (exact) mass is 200 g/mol. The molecule has 0 radical (unpaired) electrons. The van der Waals surface area contributed by atoms with E-state index in [9.17, 15) is 0 Å². The van der Waals surface area contributed by atoms with Crippen LogP contribution in [0.1, 0.15) is 11.5 Å². The maximum Gasteiger partial charge on any atom is 0.163 e. The molecule has 2 aromatic heterocycles. The Morgan fingerprint density at radius 3 is 3.07 bits per heavy atom. The van der Waals surface area contributed by atoms with Crippen LogP contribution < -0.4 is 5.32 Å². The second kappa shape index (κ2) is 4.24. The molecule has 15 heavy (non-hydrogen) atoms. The van der Waals surface area contributed by atoms with Gasteiger partial charge in [-0.1, -0.05) is 5.16 Å². The normalized spacial score (nSPS) is 9.53. The molecule has 0 aliphatic heterocycles. The summed E-state index contributed by atoms with van der Waals surface area (Å²) in [5, 5.41) is 15.4. The summed E-state index contributed by atoms with van der Waals surface area (Å²) in [6.07, 6.45) is 3.16. The standard InChI is InChI=1S/C10H8N4O/c11-6-10-9(2-1-4-12-10)13-7-8-3-5-14-15-8/h1-5,13H,7H2. The van der Waals surface area contributed by atoms with Gasteiger partial charge in [0.1, 0.15) is 6.07 Å². The van der Waals surface area contributed by atoms with Crippen LogP contribution in [-0.2, 0) is 6.54 Å². The molecule has 0 spiro atoms. The summed E-state index contributed by atoms with van der Waals surface area (Å²) in [7, 11) is 0. The van der Waals surface area contributed by atoms with Gasteiger partial charge in [0.25, 0.3) is 0 Å². The van der Waals surface area contributed by atoms with E-state index in [2.05, 4.69) is 15.5 Å². The van der Waals surface area contributed by atoms with Gasteiger partial charge in [-0.2, -0.15) is 5.26 Å². The molecule has 0 bridgehead atoms. The van der Waals surface area contributed by atoms with Crippen molar-refractivity contribution in [1.29, 1.82) is 5.26 Å². The maximum absolute atomic E-state index is 8.79. The Labute approximate surface area is 86.3 Å². The number of nitrogens with zero attached hydrogens (tertiary/aromatic N) is 3. The first-order chi connectivity index (χ1) is 7.40. The Balaban J connectivity index is 2.08. The van der Waals surface area contributed by atoms with Crippen molar-refractivity contribution in [3.8, 4) is 6.07 Å². The van der Waals surface area contributed by atoms with Crippen LogP contribution in [-0.4, -0.2) is 10.1 Å². The Hall–Kier alpha value is -2.35. The van der Waals surface area contributed by atoms with Crippen LogP contribution in [0.25, 0.3) is 0 Å². The third-order valence-electron chi connectivity index (χ3n) is 1.86. The minimum Gasteiger partial charge on any atom is -0.375 e. The van der Waals surface area contributed by atoms with E-state index in [-0.39, 0.29) is 0 Å². The van der Waals surface area contributed by atoms with Crippen LogP contribution in [0, 0.1) is 11.3 Å². The highest BCUT2D eigenvalue weighted by Gasteiger charge is 2.02. The number of hydrogen-bond acceptors (Lipinski definition) is 5. The second-order valence-electron chi connectivity index (χ2n) is 2.84. The highest BCUT2D eigenvalue weighted by atomic mass is 16.5. The minimum atomic E-state index is 0.372. The summed E-state index contributed by atoms with van der Waals surface area (Å²) in [6, 6.07) is 7.33. The number of aromatic nitrogens is 2. The van der Waals surface area contributed by atoms with Crippen molar-refractivity contribution in [3.63, 3.8) is 0 Å². The third-order valence-corrected chi connectivity index (χ3v) is 1.86. The second-order valence-corrected chi connectivity index (χ2v) is 2.84. The van der Waals surface area contributed by atoms with E-state index in [1.54, 1.807) is 30.6 Å². The SMILES string of the molecule is N#Cc1ncccc1NCc1ccno1. The summed E-state index contributed by atoms with van der Waals surface area (Å²) in [5.41, 5.74) is 1.06. The fraction of sp³-hybridized carbons (Fsp3) is 0.100. The summed E-state index contributed by atoms with van der Waals surface area (Å²) in [6.45, 7) is 0.486. The number of rotatable bonds is 3. The molecule has 74 valence electrons. The van der Waals surface area contributed by atoms with Gasteiger partial charge in [0.05, 0.1) is 18.4 Å². The zero-order valence-electron chi connectivity index (χ0n) is 7.84. The zero-order valence-corrected chi connectivity index (χ0v) is 7.84. The van der Waals surface area contributed by atoms with Gasteiger partial charge in [-0.15, -0.1) is 0 Å². The molecule has 0 atom stereocenters. The summed E-state index contributed by atoms with van der Waals surface area (Å²) in [5.74, 6) is 0.711. The maximum atomic E-state index is 8.79. The average Bonchev–Trinajstić information content (AvgIpc) is 2.79. The van der Waals surface area contributed by atoms with Crippen LogP contribution in [0.5, 0.6) is 0 Å². The van der Waals surface area contributed by atoms with E-state index in [0.717, 1.165) is 0 Å². The van der Waals surface area contributed by atoms with E-state index in [4.69, 9.17) is 9.78 Å². The molecule has 0 fully saturated rings. The van der Waals surface area contributed by atoms with Crippen LogP contribution in [0.3, 0.4) is 0 Å². The van der Waals surface area contributed by atoms with Crippen molar-refractivity contribution >= 4 is 5.69 Å². The number of hydrogen-bond donors (Lipinski definition) is 1. The first-order valence-corrected chi connectivity index (χ1v) is 4.38. The molecule has 1 N–H and O–H groups in total. The quantitative estimate of drug-likeness (QED) is 0.813. The van der Waals surface area contributed by atoms with Gasteiger partial charge >= 0.3 is 0 Å². The summed E-state index contributed by atoms with van der Waals surface area (Å²) >= 11 is 0. The van der Waals surface area contributed by atoms with Crippen molar-refractivity contribution in [2.24, 2.45) is 0 Å². The molecule has 2 aromatic rings. The van der Waals surface area contributed by atoms with Crippen molar-refractivity contribution in [2.45, 2.75) is 6.54 Å². The Morgan fingerprint density at radius 2 is 2.33 bits per heavy atom. The Kier molecular flexibility index (Phi) is 2.61. The minimum absolute atomic E-state index is 0.372. The lowest BCUT2D eigenvalue weighted by molar-refractivity contribution is 0.388. The summed E-state index contributed by atoms with van der Waals surface area (Å²) < 4.78 is 4.91. The highest BCUT2D eigenvalue weighted by molar-refractivity contribution is 5.53. The smallest absolute Gasteiger partial charge is 0.163 e. The molecule has 0 aromatic carbocycles.